The number of carbonyl (C=O) groups is 1. The fourth-order valence-corrected chi connectivity index (χ4v) is 3.81. The third-order valence-corrected chi connectivity index (χ3v) is 5.09. The van der Waals surface area contributed by atoms with Crippen LogP contribution in [0.4, 0.5) is 0 Å². The lowest BCUT2D eigenvalue weighted by atomic mass is 9.77. The van der Waals surface area contributed by atoms with E-state index in [0.29, 0.717) is 18.6 Å². The van der Waals surface area contributed by atoms with Crippen molar-refractivity contribution in [2.24, 2.45) is 5.92 Å². The normalized spacial score (nSPS) is 17.4. The monoisotopic (exact) mass is 367 g/mol. The molecule has 0 aliphatic heterocycles. The van der Waals surface area contributed by atoms with Crippen LogP contribution in [0.3, 0.4) is 0 Å². The predicted molar refractivity (Wildman–Crippen MR) is 106 cm³/mol. The Morgan fingerprint density at radius 1 is 1.20 bits per heavy atom. The maximum atomic E-state index is 12.8. The summed E-state index contributed by atoms with van der Waals surface area (Å²) >= 11 is 0. The van der Waals surface area contributed by atoms with Crippen LogP contribution in [0.2, 0.25) is 0 Å². The van der Waals surface area contributed by atoms with E-state index in [4.69, 9.17) is 4.74 Å². The molecule has 1 N–H and O–H groups in total. The van der Waals surface area contributed by atoms with Crippen molar-refractivity contribution in [2.75, 3.05) is 13.2 Å². The van der Waals surface area contributed by atoms with Gasteiger partial charge in [-0.15, -0.1) is 12.4 Å². The second kappa shape index (κ2) is 12.3. The Labute approximate surface area is 159 Å². The molecule has 0 amide bonds. The highest BCUT2D eigenvalue weighted by Crippen LogP contribution is 2.36. The Balaban J connectivity index is 0.00000312. The van der Waals surface area contributed by atoms with E-state index in [1.165, 1.54) is 25.7 Å². The van der Waals surface area contributed by atoms with Crippen molar-refractivity contribution in [3.8, 4) is 0 Å². The smallest absolute Gasteiger partial charge is 0.313 e. The Bertz CT molecular complexity index is 474. The summed E-state index contributed by atoms with van der Waals surface area (Å²) in [5.74, 6) is 0.290. The van der Waals surface area contributed by atoms with Gasteiger partial charge in [0.1, 0.15) is 6.61 Å². The first kappa shape index (κ1) is 22.0. The van der Waals surface area contributed by atoms with Gasteiger partial charge in [0.05, 0.1) is 5.92 Å². The van der Waals surface area contributed by atoms with Crippen LogP contribution in [-0.4, -0.2) is 25.2 Å². The fourth-order valence-electron chi connectivity index (χ4n) is 3.81. The summed E-state index contributed by atoms with van der Waals surface area (Å²) in [4.78, 5) is 12.8. The zero-order chi connectivity index (χ0) is 17.2. The molecule has 4 heteroatoms. The summed E-state index contributed by atoms with van der Waals surface area (Å²) < 4.78 is 5.64. The summed E-state index contributed by atoms with van der Waals surface area (Å²) in [6, 6.07) is 10.7. The molecule has 2 atom stereocenters. The van der Waals surface area contributed by atoms with E-state index in [1.807, 2.05) is 18.2 Å². The van der Waals surface area contributed by atoms with Crippen LogP contribution in [0.5, 0.6) is 0 Å². The van der Waals surface area contributed by atoms with Gasteiger partial charge in [-0.2, -0.15) is 0 Å². The van der Waals surface area contributed by atoms with E-state index in [0.717, 1.165) is 31.4 Å². The summed E-state index contributed by atoms with van der Waals surface area (Å²) in [6.07, 6.45) is 8.37. The third-order valence-electron chi connectivity index (χ3n) is 5.09. The van der Waals surface area contributed by atoms with E-state index >= 15 is 0 Å². The van der Waals surface area contributed by atoms with Crippen molar-refractivity contribution in [1.82, 2.24) is 5.32 Å². The minimum absolute atomic E-state index is 0. The molecule has 1 aliphatic carbocycles. The highest BCUT2D eigenvalue weighted by Gasteiger charge is 2.32. The van der Waals surface area contributed by atoms with Gasteiger partial charge in [-0.25, -0.2) is 0 Å². The number of nitrogens with one attached hydrogen (secondary N) is 1. The Morgan fingerprint density at radius 3 is 2.52 bits per heavy atom. The molecule has 1 saturated carbocycles. The Morgan fingerprint density at radius 2 is 1.88 bits per heavy atom. The highest BCUT2D eigenvalue weighted by atomic mass is 35.5. The number of esters is 1. The number of halogens is 1. The number of ether oxygens (including phenoxy) is 1. The molecular formula is C21H34ClNO2. The first-order chi connectivity index (χ1) is 11.7. The lowest BCUT2D eigenvalue weighted by molar-refractivity contribution is -0.147. The molecule has 0 radical (unpaired) electrons. The van der Waals surface area contributed by atoms with Gasteiger partial charge in [0.15, 0.2) is 0 Å². The van der Waals surface area contributed by atoms with Crippen LogP contribution >= 0.6 is 12.4 Å². The van der Waals surface area contributed by atoms with E-state index in [-0.39, 0.29) is 24.3 Å². The summed E-state index contributed by atoms with van der Waals surface area (Å²) in [5.41, 5.74) is 1.11. The lowest BCUT2D eigenvalue weighted by Gasteiger charge is -2.29. The van der Waals surface area contributed by atoms with Gasteiger partial charge >= 0.3 is 5.97 Å². The zero-order valence-corrected chi connectivity index (χ0v) is 16.5. The molecule has 0 heterocycles. The van der Waals surface area contributed by atoms with Gasteiger partial charge in [0.2, 0.25) is 0 Å². The van der Waals surface area contributed by atoms with Gasteiger partial charge in [-0.05, 0) is 37.7 Å². The lowest BCUT2D eigenvalue weighted by Crippen LogP contribution is -2.32. The van der Waals surface area contributed by atoms with Crippen LogP contribution < -0.4 is 5.32 Å². The highest BCUT2D eigenvalue weighted by molar-refractivity contribution is 5.85. The molecule has 2 rings (SSSR count). The SMILES string of the molecule is CCCC(C)NCCOC(=O)C(c1ccccc1)C1CCCCC1.Cl. The zero-order valence-electron chi connectivity index (χ0n) is 15.7. The second-order valence-corrected chi connectivity index (χ2v) is 7.10. The molecule has 3 nitrogen and oxygen atoms in total. The largest absolute Gasteiger partial charge is 0.464 e. The molecule has 1 aromatic rings. The molecule has 0 aromatic heterocycles. The van der Waals surface area contributed by atoms with E-state index < -0.39 is 0 Å². The molecule has 0 bridgehead atoms. The van der Waals surface area contributed by atoms with Gasteiger partial charge in [-0.3, -0.25) is 4.79 Å². The van der Waals surface area contributed by atoms with Crippen molar-refractivity contribution >= 4 is 18.4 Å². The summed E-state index contributed by atoms with van der Waals surface area (Å²) in [6.45, 7) is 5.56. The molecule has 0 spiro atoms. The topological polar surface area (TPSA) is 38.3 Å². The number of carbonyl (C=O) groups excluding carboxylic acids is 1. The number of benzene rings is 1. The first-order valence-electron chi connectivity index (χ1n) is 9.67. The van der Waals surface area contributed by atoms with Crippen LogP contribution in [-0.2, 0) is 9.53 Å². The van der Waals surface area contributed by atoms with Crippen molar-refractivity contribution in [1.29, 1.82) is 0 Å². The summed E-state index contributed by atoms with van der Waals surface area (Å²) in [7, 11) is 0. The van der Waals surface area contributed by atoms with Crippen LogP contribution in [0.1, 0.15) is 70.3 Å². The number of rotatable bonds is 9. The van der Waals surface area contributed by atoms with Crippen LogP contribution in [0.15, 0.2) is 30.3 Å². The van der Waals surface area contributed by atoms with Crippen molar-refractivity contribution in [3.05, 3.63) is 35.9 Å². The maximum Gasteiger partial charge on any atom is 0.313 e. The van der Waals surface area contributed by atoms with Gasteiger partial charge in [0.25, 0.3) is 0 Å². The number of hydrogen-bond donors (Lipinski definition) is 1. The van der Waals surface area contributed by atoms with E-state index in [2.05, 4.69) is 31.3 Å². The van der Waals surface area contributed by atoms with Crippen molar-refractivity contribution in [2.45, 2.75) is 70.8 Å². The Hall–Kier alpha value is -1.06. The Kier molecular flexibility index (Phi) is 10.8. The quantitative estimate of drug-likeness (QED) is 0.487. The molecule has 1 aliphatic rings. The molecule has 142 valence electrons. The average molecular weight is 368 g/mol. The summed E-state index contributed by atoms with van der Waals surface area (Å²) in [5, 5.41) is 3.42. The van der Waals surface area contributed by atoms with Crippen LogP contribution in [0.25, 0.3) is 0 Å². The minimum Gasteiger partial charge on any atom is -0.464 e. The van der Waals surface area contributed by atoms with Crippen molar-refractivity contribution < 1.29 is 9.53 Å². The molecule has 1 fully saturated rings. The minimum atomic E-state index is -0.0976. The van der Waals surface area contributed by atoms with Crippen LogP contribution in [0, 0.1) is 5.92 Å². The molecular weight excluding hydrogens is 334 g/mol. The maximum absolute atomic E-state index is 12.8. The third kappa shape index (κ3) is 7.37. The van der Waals surface area contributed by atoms with Crippen molar-refractivity contribution in [3.63, 3.8) is 0 Å². The predicted octanol–water partition coefficient (Wildman–Crippen LogP) is 5.09. The van der Waals surface area contributed by atoms with E-state index in [1.54, 1.807) is 0 Å². The standard InChI is InChI=1S/C21H33NO2.ClH/c1-3-10-17(2)22-15-16-24-21(23)20(18-11-6-4-7-12-18)19-13-8-5-9-14-19;/h4,6-7,11-12,17,19-20,22H,3,5,8-10,13-16H2,1-2H3;1H. The second-order valence-electron chi connectivity index (χ2n) is 7.10. The molecule has 1 aromatic carbocycles. The fraction of sp³-hybridized carbons (Fsp3) is 0.667. The number of hydrogen-bond acceptors (Lipinski definition) is 3. The molecule has 25 heavy (non-hydrogen) atoms. The van der Waals surface area contributed by atoms with Gasteiger partial charge < -0.3 is 10.1 Å². The molecule has 2 unspecified atom stereocenters. The van der Waals surface area contributed by atoms with Gasteiger partial charge in [0, 0.05) is 12.6 Å². The van der Waals surface area contributed by atoms with Gasteiger partial charge in [-0.1, -0.05) is 62.9 Å². The molecule has 0 saturated heterocycles. The average Bonchev–Trinajstić information content (AvgIpc) is 2.61. The first-order valence-corrected chi connectivity index (χ1v) is 9.67. The van der Waals surface area contributed by atoms with E-state index in [9.17, 15) is 4.79 Å².